The Bertz CT molecular complexity index is 1380. The highest BCUT2D eigenvalue weighted by Crippen LogP contribution is 2.60. The largest absolute Gasteiger partial charge is 0.507 e. The van der Waals surface area contributed by atoms with Gasteiger partial charge in [0.15, 0.2) is 0 Å². The minimum Gasteiger partial charge on any atom is -0.507 e. The minimum absolute atomic E-state index is 0.00974. The molecule has 0 saturated heterocycles. The molecule has 0 fully saturated rings. The van der Waals surface area contributed by atoms with Crippen molar-refractivity contribution in [1.82, 2.24) is 5.32 Å². The zero-order valence-corrected chi connectivity index (χ0v) is 20.9. The fraction of sp³-hybridized carbons (Fsp3) is 0.208. The lowest BCUT2D eigenvalue weighted by molar-refractivity contribution is 0.0946. The van der Waals surface area contributed by atoms with Gasteiger partial charge in [0.05, 0.1) is 25.7 Å². The molecule has 0 atom stereocenters. The molecule has 5 rings (SSSR count). The van der Waals surface area contributed by atoms with Crippen molar-refractivity contribution in [2.24, 2.45) is 0 Å². The van der Waals surface area contributed by atoms with Gasteiger partial charge in [0, 0.05) is 27.8 Å². The maximum Gasteiger partial charge on any atom is 0.254 e. The standard InChI is InChI=1S/C24H17Cl4NO4/c1-7-5-11-21(9(3)19(7)30)33-22-10(4)20(31)8(2)6-12(22)24(11)14-13(23(32)29-24)15(25)17(27)18(28)16(14)26/h5-6,30-31H,1-4H3,(H,29,32). The summed E-state index contributed by atoms with van der Waals surface area (Å²) < 4.78 is 6.27. The van der Waals surface area contributed by atoms with Gasteiger partial charge in [0.25, 0.3) is 5.91 Å². The molecule has 0 bridgehead atoms. The molecule has 1 amide bonds. The van der Waals surface area contributed by atoms with Crippen LogP contribution in [-0.2, 0) is 5.54 Å². The highest BCUT2D eigenvalue weighted by atomic mass is 35.5. The van der Waals surface area contributed by atoms with Crippen LogP contribution in [0.1, 0.15) is 49.3 Å². The van der Waals surface area contributed by atoms with E-state index in [1.54, 1.807) is 39.8 Å². The number of ether oxygens (including phenoxy) is 1. The van der Waals surface area contributed by atoms with Gasteiger partial charge in [0.1, 0.15) is 28.5 Å². The van der Waals surface area contributed by atoms with Crippen molar-refractivity contribution in [2.75, 3.05) is 0 Å². The lowest BCUT2D eigenvalue weighted by Crippen LogP contribution is -2.44. The number of fused-ring (bicyclic) bond motifs is 6. The van der Waals surface area contributed by atoms with E-state index in [4.69, 9.17) is 51.1 Å². The molecular weight excluding hydrogens is 508 g/mol. The average molecular weight is 525 g/mol. The van der Waals surface area contributed by atoms with Crippen LogP contribution in [0.25, 0.3) is 0 Å². The van der Waals surface area contributed by atoms with Crippen LogP contribution in [0.4, 0.5) is 0 Å². The van der Waals surface area contributed by atoms with Crippen molar-refractivity contribution in [1.29, 1.82) is 0 Å². The summed E-state index contributed by atoms with van der Waals surface area (Å²) in [5, 5.41) is 24.4. The Labute approximate surface area is 209 Å². The quantitative estimate of drug-likeness (QED) is 0.217. The summed E-state index contributed by atoms with van der Waals surface area (Å²) in [7, 11) is 0. The van der Waals surface area contributed by atoms with Gasteiger partial charge in [0.2, 0.25) is 0 Å². The molecule has 3 aromatic carbocycles. The van der Waals surface area contributed by atoms with Gasteiger partial charge >= 0.3 is 0 Å². The molecule has 0 unspecified atom stereocenters. The zero-order chi connectivity index (χ0) is 24.1. The molecule has 3 N–H and O–H groups in total. The van der Waals surface area contributed by atoms with Crippen molar-refractivity contribution in [3.05, 3.63) is 76.7 Å². The van der Waals surface area contributed by atoms with E-state index in [1.807, 2.05) is 0 Å². The molecule has 9 heteroatoms. The van der Waals surface area contributed by atoms with E-state index in [-0.39, 0.29) is 37.2 Å². The van der Waals surface area contributed by atoms with E-state index >= 15 is 0 Å². The molecule has 170 valence electrons. The van der Waals surface area contributed by atoms with E-state index in [0.29, 0.717) is 50.4 Å². The van der Waals surface area contributed by atoms with Gasteiger partial charge in [-0.05, 0) is 51.0 Å². The number of nitrogens with one attached hydrogen (secondary N) is 1. The number of rotatable bonds is 0. The van der Waals surface area contributed by atoms with Gasteiger partial charge in [-0.25, -0.2) is 0 Å². The van der Waals surface area contributed by atoms with E-state index in [1.165, 1.54) is 0 Å². The van der Waals surface area contributed by atoms with Crippen molar-refractivity contribution in [3.8, 4) is 23.0 Å². The molecule has 0 aromatic heterocycles. The Morgan fingerprint density at radius 1 is 0.788 bits per heavy atom. The van der Waals surface area contributed by atoms with Crippen LogP contribution in [0.2, 0.25) is 20.1 Å². The van der Waals surface area contributed by atoms with Crippen LogP contribution in [-0.4, -0.2) is 16.1 Å². The molecule has 0 saturated carbocycles. The minimum atomic E-state index is -1.35. The third-order valence-corrected chi connectivity index (χ3v) is 8.33. The number of phenols is 2. The predicted molar refractivity (Wildman–Crippen MR) is 129 cm³/mol. The van der Waals surface area contributed by atoms with Gasteiger partial charge in [-0.15, -0.1) is 0 Å². The van der Waals surface area contributed by atoms with E-state index < -0.39 is 11.4 Å². The maximum absolute atomic E-state index is 13.4. The second kappa shape index (κ2) is 7.09. The summed E-state index contributed by atoms with van der Waals surface area (Å²) in [6, 6.07) is 3.47. The van der Waals surface area contributed by atoms with Gasteiger partial charge < -0.3 is 20.3 Å². The Hall–Kier alpha value is -2.31. The van der Waals surface area contributed by atoms with Crippen LogP contribution < -0.4 is 10.1 Å². The molecule has 0 aliphatic carbocycles. The summed E-state index contributed by atoms with van der Waals surface area (Å²) in [4.78, 5) is 13.4. The van der Waals surface area contributed by atoms with Gasteiger partial charge in [-0.2, -0.15) is 0 Å². The average Bonchev–Trinajstić information content (AvgIpc) is 3.08. The Kier molecular flexibility index (Phi) is 4.83. The summed E-state index contributed by atoms with van der Waals surface area (Å²) in [5.41, 5.74) is 2.31. The summed E-state index contributed by atoms with van der Waals surface area (Å²) in [5.74, 6) is 0.307. The van der Waals surface area contributed by atoms with E-state index in [9.17, 15) is 15.0 Å². The molecule has 2 heterocycles. The first kappa shape index (κ1) is 22.5. The lowest BCUT2D eigenvalue weighted by atomic mass is 9.73. The van der Waals surface area contributed by atoms with Crippen LogP contribution in [0.3, 0.4) is 0 Å². The lowest BCUT2D eigenvalue weighted by Gasteiger charge is -2.40. The van der Waals surface area contributed by atoms with Gasteiger partial charge in [-0.3, -0.25) is 4.79 Å². The number of carbonyl (C=O) groups excluding carboxylic acids is 1. The van der Waals surface area contributed by atoms with Crippen molar-refractivity contribution in [3.63, 3.8) is 0 Å². The third kappa shape index (κ3) is 2.65. The second-order valence-electron chi connectivity index (χ2n) is 8.40. The van der Waals surface area contributed by atoms with Crippen LogP contribution in [0.5, 0.6) is 23.0 Å². The maximum atomic E-state index is 13.4. The summed E-state index contributed by atoms with van der Waals surface area (Å²) in [6.45, 7) is 6.93. The highest BCUT2D eigenvalue weighted by Gasteiger charge is 2.55. The molecule has 2 aliphatic heterocycles. The van der Waals surface area contributed by atoms with Crippen LogP contribution in [0, 0.1) is 27.7 Å². The summed E-state index contributed by atoms with van der Waals surface area (Å²) >= 11 is 26.0. The summed E-state index contributed by atoms with van der Waals surface area (Å²) in [6.07, 6.45) is 0. The molecular formula is C24H17Cl4NO4. The smallest absolute Gasteiger partial charge is 0.254 e. The number of benzene rings is 3. The Balaban J connectivity index is 2.05. The number of carbonyl (C=O) groups is 1. The number of aryl methyl sites for hydroxylation is 2. The third-order valence-electron chi connectivity index (χ3n) is 6.53. The Morgan fingerprint density at radius 3 is 1.73 bits per heavy atom. The Morgan fingerprint density at radius 2 is 1.24 bits per heavy atom. The van der Waals surface area contributed by atoms with Crippen molar-refractivity contribution in [2.45, 2.75) is 33.2 Å². The number of phenolic OH excluding ortho intramolecular Hbond substituents is 2. The molecule has 33 heavy (non-hydrogen) atoms. The number of amides is 1. The van der Waals surface area contributed by atoms with Crippen molar-refractivity contribution < 1.29 is 19.7 Å². The molecule has 0 radical (unpaired) electrons. The zero-order valence-electron chi connectivity index (χ0n) is 17.9. The highest BCUT2D eigenvalue weighted by molar-refractivity contribution is 6.53. The fourth-order valence-corrected chi connectivity index (χ4v) is 5.96. The van der Waals surface area contributed by atoms with Crippen LogP contribution >= 0.6 is 46.4 Å². The number of aromatic hydroxyl groups is 2. The molecule has 2 aliphatic rings. The second-order valence-corrected chi connectivity index (χ2v) is 9.91. The van der Waals surface area contributed by atoms with Crippen LogP contribution in [0.15, 0.2) is 12.1 Å². The first-order chi connectivity index (χ1) is 15.4. The fourth-order valence-electron chi connectivity index (χ4n) is 4.88. The van der Waals surface area contributed by atoms with E-state index in [0.717, 1.165) is 0 Å². The first-order valence-corrected chi connectivity index (χ1v) is 11.5. The first-order valence-electron chi connectivity index (χ1n) is 9.97. The normalized spacial score (nSPS) is 15.1. The molecule has 1 spiro atoms. The van der Waals surface area contributed by atoms with Gasteiger partial charge in [-0.1, -0.05) is 46.4 Å². The number of hydrogen-bond acceptors (Lipinski definition) is 4. The molecule has 3 aromatic rings. The number of hydrogen-bond donors (Lipinski definition) is 3. The SMILES string of the molecule is Cc1cc2c(c(C)c1O)Oc1c(cc(C)c(O)c1C)C21NC(=O)c2c(Cl)c(Cl)c(Cl)c(Cl)c21. The number of halogens is 4. The monoisotopic (exact) mass is 523 g/mol. The van der Waals surface area contributed by atoms with E-state index in [2.05, 4.69) is 5.32 Å². The van der Waals surface area contributed by atoms with Crippen molar-refractivity contribution >= 4 is 52.3 Å². The molecule has 5 nitrogen and oxygen atoms in total. The predicted octanol–water partition coefficient (Wildman–Crippen LogP) is 7.09. The topological polar surface area (TPSA) is 78.8 Å².